The van der Waals surface area contributed by atoms with Crippen LogP contribution in [0.2, 0.25) is 0 Å². The second-order valence-corrected chi connectivity index (χ2v) is 4.80. The Morgan fingerprint density at radius 1 is 1.42 bits per heavy atom. The number of likely N-dealkylation sites (N-methyl/N-ethyl adjacent to an activating group) is 1. The second kappa shape index (κ2) is 6.50. The first-order valence-electron chi connectivity index (χ1n) is 6.41. The van der Waals surface area contributed by atoms with Gasteiger partial charge in [-0.25, -0.2) is 0 Å². The van der Waals surface area contributed by atoms with E-state index in [9.17, 15) is 4.79 Å². The Labute approximate surface area is 113 Å². The van der Waals surface area contributed by atoms with Crippen LogP contribution in [0.15, 0.2) is 36.4 Å². The van der Waals surface area contributed by atoms with Crippen LogP contribution < -0.4 is 0 Å². The van der Waals surface area contributed by atoms with Gasteiger partial charge in [-0.1, -0.05) is 42.5 Å². The minimum atomic E-state index is -0.776. The smallest absolute Gasteiger partial charge is 0.310 e. The van der Waals surface area contributed by atoms with Crippen molar-refractivity contribution in [2.45, 2.75) is 6.04 Å². The van der Waals surface area contributed by atoms with Gasteiger partial charge < -0.3 is 9.84 Å². The van der Waals surface area contributed by atoms with E-state index in [4.69, 9.17) is 9.84 Å². The van der Waals surface area contributed by atoms with Crippen LogP contribution in [0, 0.1) is 5.92 Å². The van der Waals surface area contributed by atoms with Crippen LogP contribution in [0.3, 0.4) is 0 Å². The highest BCUT2D eigenvalue weighted by atomic mass is 16.5. The van der Waals surface area contributed by atoms with Crippen LogP contribution in [0.4, 0.5) is 0 Å². The highest BCUT2D eigenvalue weighted by molar-refractivity contribution is 5.71. The summed E-state index contributed by atoms with van der Waals surface area (Å²) >= 11 is 0. The van der Waals surface area contributed by atoms with Gasteiger partial charge in [0.1, 0.15) is 0 Å². The number of benzene rings is 1. The Hall–Kier alpha value is -1.65. The van der Waals surface area contributed by atoms with Gasteiger partial charge in [-0.05, 0) is 12.6 Å². The maximum Gasteiger partial charge on any atom is 0.310 e. The van der Waals surface area contributed by atoms with Crippen LogP contribution >= 0.6 is 0 Å². The molecule has 0 bridgehead atoms. The number of carboxylic acids is 1. The molecule has 1 N–H and O–H groups in total. The lowest BCUT2D eigenvalue weighted by Gasteiger charge is -2.24. The zero-order valence-corrected chi connectivity index (χ0v) is 11.0. The molecule has 0 aromatic heterocycles. The van der Waals surface area contributed by atoms with Crippen LogP contribution in [-0.4, -0.2) is 48.8 Å². The number of hydrogen-bond acceptors (Lipinski definition) is 3. The second-order valence-electron chi connectivity index (χ2n) is 4.80. The standard InChI is InChI=1S/C15H19NO3/c1-16(14-11-19-10-13(14)15(17)18)9-5-8-12-6-3-2-4-7-12/h2-8,13-14H,9-11H2,1H3,(H,17,18). The van der Waals surface area contributed by atoms with Gasteiger partial charge >= 0.3 is 5.97 Å². The predicted octanol–water partition coefficient (Wildman–Crippen LogP) is 1.73. The molecule has 1 fully saturated rings. The van der Waals surface area contributed by atoms with Crippen LogP contribution in [0.5, 0.6) is 0 Å². The average Bonchev–Trinajstić information content (AvgIpc) is 2.89. The molecule has 1 aromatic carbocycles. The zero-order chi connectivity index (χ0) is 13.7. The molecule has 0 saturated carbocycles. The van der Waals surface area contributed by atoms with Gasteiger partial charge in [-0.3, -0.25) is 9.69 Å². The van der Waals surface area contributed by atoms with Crippen molar-refractivity contribution in [3.63, 3.8) is 0 Å². The topological polar surface area (TPSA) is 49.8 Å². The van der Waals surface area contributed by atoms with E-state index in [1.165, 1.54) is 0 Å². The molecular weight excluding hydrogens is 242 g/mol. The van der Waals surface area contributed by atoms with Crippen LogP contribution in [0.1, 0.15) is 5.56 Å². The molecule has 1 aliphatic heterocycles. The molecule has 4 heteroatoms. The van der Waals surface area contributed by atoms with E-state index < -0.39 is 11.9 Å². The fourth-order valence-electron chi connectivity index (χ4n) is 2.27. The van der Waals surface area contributed by atoms with Gasteiger partial charge in [0.25, 0.3) is 0 Å². The van der Waals surface area contributed by atoms with Gasteiger partial charge in [0, 0.05) is 12.6 Å². The van der Waals surface area contributed by atoms with E-state index in [1.807, 2.05) is 54.4 Å². The summed E-state index contributed by atoms with van der Waals surface area (Å²) in [6.45, 7) is 1.52. The molecule has 0 aliphatic carbocycles. The predicted molar refractivity (Wildman–Crippen MR) is 73.8 cm³/mol. The van der Waals surface area contributed by atoms with E-state index >= 15 is 0 Å². The fourth-order valence-corrected chi connectivity index (χ4v) is 2.27. The Bertz CT molecular complexity index is 444. The lowest BCUT2D eigenvalue weighted by Crippen LogP contribution is -2.40. The maximum absolute atomic E-state index is 11.1. The lowest BCUT2D eigenvalue weighted by molar-refractivity contribution is -0.143. The number of aliphatic carboxylic acids is 1. The Balaban J connectivity index is 1.89. The number of nitrogens with zero attached hydrogens (tertiary/aromatic N) is 1. The number of carbonyl (C=O) groups is 1. The first-order valence-corrected chi connectivity index (χ1v) is 6.41. The van der Waals surface area contributed by atoms with E-state index in [1.54, 1.807) is 0 Å². The van der Waals surface area contributed by atoms with Crippen molar-refractivity contribution in [1.82, 2.24) is 4.90 Å². The molecule has 0 spiro atoms. The fraction of sp³-hybridized carbons (Fsp3) is 0.400. The third-order valence-corrected chi connectivity index (χ3v) is 3.44. The van der Waals surface area contributed by atoms with Gasteiger partial charge in [0.05, 0.1) is 19.1 Å². The summed E-state index contributed by atoms with van der Waals surface area (Å²) in [4.78, 5) is 13.1. The molecule has 1 saturated heterocycles. The molecule has 102 valence electrons. The van der Waals surface area contributed by atoms with Gasteiger partial charge in [0.2, 0.25) is 0 Å². The lowest BCUT2D eigenvalue weighted by atomic mass is 10.0. The SMILES string of the molecule is CN(CC=Cc1ccccc1)C1COCC1C(=O)O. The van der Waals surface area contributed by atoms with Gasteiger partial charge in [-0.2, -0.15) is 0 Å². The molecule has 19 heavy (non-hydrogen) atoms. The molecule has 1 aliphatic rings. The zero-order valence-electron chi connectivity index (χ0n) is 11.0. The molecule has 0 radical (unpaired) electrons. The highest BCUT2D eigenvalue weighted by Gasteiger charge is 2.36. The summed E-state index contributed by atoms with van der Waals surface area (Å²) < 4.78 is 5.27. The molecule has 0 amide bonds. The first kappa shape index (κ1) is 13.8. The minimum absolute atomic E-state index is 0.0436. The summed E-state index contributed by atoms with van der Waals surface area (Å²) in [6, 6.07) is 10.0. The molecule has 2 unspecified atom stereocenters. The van der Waals surface area contributed by atoms with Gasteiger partial charge in [0.15, 0.2) is 0 Å². The van der Waals surface area contributed by atoms with Crippen LogP contribution in [-0.2, 0) is 9.53 Å². The van der Waals surface area contributed by atoms with Crippen molar-refractivity contribution in [3.05, 3.63) is 42.0 Å². The van der Waals surface area contributed by atoms with Gasteiger partial charge in [-0.15, -0.1) is 0 Å². The average molecular weight is 261 g/mol. The van der Waals surface area contributed by atoms with Crippen molar-refractivity contribution in [2.24, 2.45) is 5.92 Å². The summed E-state index contributed by atoms with van der Waals surface area (Å²) in [7, 11) is 1.94. The summed E-state index contributed by atoms with van der Waals surface area (Å²) in [5.74, 6) is -1.20. The third kappa shape index (κ3) is 3.66. The molecule has 1 aromatic rings. The summed E-state index contributed by atoms with van der Waals surface area (Å²) in [5, 5.41) is 9.11. The highest BCUT2D eigenvalue weighted by Crippen LogP contribution is 2.18. The van der Waals surface area contributed by atoms with Crippen molar-refractivity contribution in [3.8, 4) is 0 Å². The molecular formula is C15H19NO3. The van der Waals surface area contributed by atoms with E-state index in [-0.39, 0.29) is 6.04 Å². The number of rotatable bonds is 5. The quantitative estimate of drug-likeness (QED) is 0.877. The summed E-state index contributed by atoms with van der Waals surface area (Å²) in [6.07, 6.45) is 4.09. The third-order valence-electron chi connectivity index (χ3n) is 3.44. The molecule has 4 nitrogen and oxygen atoms in total. The Morgan fingerprint density at radius 3 is 2.84 bits per heavy atom. The van der Waals surface area contributed by atoms with Crippen molar-refractivity contribution >= 4 is 12.0 Å². The van der Waals surface area contributed by atoms with Crippen molar-refractivity contribution in [1.29, 1.82) is 0 Å². The normalized spacial score (nSPS) is 23.3. The molecule has 1 heterocycles. The molecule has 2 rings (SSSR count). The Morgan fingerprint density at radius 2 is 2.16 bits per heavy atom. The van der Waals surface area contributed by atoms with Crippen LogP contribution in [0.25, 0.3) is 6.08 Å². The van der Waals surface area contributed by atoms with E-state index in [0.29, 0.717) is 19.8 Å². The first-order chi connectivity index (χ1) is 9.18. The number of carboxylic acid groups (broad SMARTS) is 1. The maximum atomic E-state index is 11.1. The van der Waals surface area contributed by atoms with E-state index in [2.05, 4.69) is 0 Å². The monoisotopic (exact) mass is 261 g/mol. The molecule has 2 atom stereocenters. The largest absolute Gasteiger partial charge is 0.481 e. The van der Waals surface area contributed by atoms with Crippen molar-refractivity contribution < 1.29 is 14.6 Å². The minimum Gasteiger partial charge on any atom is -0.481 e. The summed E-state index contributed by atoms with van der Waals surface area (Å²) in [5.41, 5.74) is 1.15. The number of hydrogen-bond donors (Lipinski definition) is 1. The number of ether oxygens (including phenoxy) is 1. The van der Waals surface area contributed by atoms with E-state index in [0.717, 1.165) is 5.56 Å². The Kier molecular flexibility index (Phi) is 4.71. The van der Waals surface area contributed by atoms with Crippen molar-refractivity contribution in [2.75, 3.05) is 26.8 Å².